The first-order valence-electron chi connectivity index (χ1n) is 27.1. The van der Waals surface area contributed by atoms with Gasteiger partial charge in [-0.25, -0.2) is 0 Å². The van der Waals surface area contributed by atoms with Crippen molar-refractivity contribution in [2.75, 3.05) is 13.7 Å². The third kappa shape index (κ3) is 11.4. The van der Waals surface area contributed by atoms with Gasteiger partial charge in [-0.1, -0.05) is 217 Å². The van der Waals surface area contributed by atoms with Crippen LogP contribution < -0.4 is 85.6 Å². The molecule has 17 heteroatoms. The molecule has 0 N–H and O–H groups in total. The summed E-state index contributed by atoms with van der Waals surface area (Å²) in [6, 6.07) is 61.6. The minimum atomic E-state index is -3.29. The van der Waals surface area contributed by atoms with Crippen LogP contribution >= 0.6 is 56.2 Å². The quantitative estimate of drug-likeness (QED) is 0.109. The molecular weight excluding hydrogens is 1180 g/mol. The van der Waals surface area contributed by atoms with E-state index in [4.69, 9.17) is 72.7 Å². The average molecular weight is 1240 g/mol. The van der Waals surface area contributed by atoms with Crippen LogP contribution in [-0.2, 0) is 13.7 Å². The molecule has 3 aliphatic rings. The summed E-state index contributed by atoms with van der Waals surface area (Å²) in [6.45, 7) is 15.1. The van der Waals surface area contributed by atoms with Crippen LogP contribution in [0.4, 0.5) is 0 Å². The lowest BCUT2D eigenvalue weighted by Crippen LogP contribution is -2.30. The Hall–Kier alpha value is -7.06. The molecule has 3 aliphatic heterocycles. The molecule has 0 radical (unpaired) electrons. The molecule has 0 amide bonds. The summed E-state index contributed by atoms with van der Waals surface area (Å²) in [7, 11) is -8.20. The maximum absolute atomic E-state index is 14.7. The minimum absolute atomic E-state index is 0.275. The van der Waals surface area contributed by atoms with E-state index in [1.165, 1.54) is 7.11 Å². The molecule has 0 bridgehead atoms. The zero-order chi connectivity index (χ0) is 59.8. The van der Waals surface area contributed by atoms with Gasteiger partial charge in [-0.3, -0.25) is 0 Å². The van der Waals surface area contributed by atoms with Crippen LogP contribution in [0.15, 0.2) is 200 Å². The van der Waals surface area contributed by atoms with Gasteiger partial charge in [0.25, 0.3) is 0 Å². The van der Waals surface area contributed by atoms with E-state index in [2.05, 4.69) is 0 Å². The van der Waals surface area contributed by atoms with E-state index in [1.807, 2.05) is 216 Å². The Bertz CT molecular complexity index is 3890. The summed E-state index contributed by atoms with van der Waals surface area (Å²) in [6.07, 6.45) is 0. The molecular formula is C67H62Cl3O11P3. The fourth-order valence-electron chi connectivity index (χ4n) is 10.2. The van der Waals surface area contributed by atoms with E-state index in [-0.39, 0.29) is 10.0 Å². The van der Waals surface area contributed by atoms with Crippen LogP contribution in [0.5, 0.6) is 46.0 Å². The van der Waals surface area contributed by atoms with Gasteiger partial charge in [0, 0.05) is 89.3 Å². The normalized spacial score (nSPS) is 14.8. The lowest BCUT2D eigenvalue weighted by molar-refractivity contribution is -0.0445. The molecule has 0 fully saturated rings. The van der Waals surface area contributed by atoms with E-state index in [0.717, 1.165) is 16.2 Å². The molecule has 0 aromatic heterocycles. The molecule has 0 saturated carbocycles. The molecule has 0 aliphatic carbocycles. The van der Waals surface area contributed by atoms with E-state index >= 15 is 0 Å². The van der Waals surface area contributed by atoms with Crippen LogP contribution in [0.1, 0.15) is 54.0 Å². The number of methoxy groups -OCH3 is 1. The second kappa shape index (κ2) is 23.8. The Balaban J connectivity index is 0.000000140. The summed E-state index contributed by atoms with van der Waals surface area (Å²) >= 11 is 20.3. The van der Waals surface area contributed by atoms with Gasteiger partial charge in [-0.05, 0) is 37.6 Å². The number of ether oxygens (including phenoxy) is 8. The van der Waals surface area contributed by atoms with Crippen molar-refractivity contribution >= 4 is 104 Å². The monoisotopic (exact) mass is 1240 g/mol. The van der Waals surface area contributed by atoms with Crippen molar-refractivity contribution in [3.05, 3.63) is 221 Å². The minimum Gasteiger partial charge on any atom is -0.493 e. The first kappa shape index (κ1) is 60.1. The van der Waals surface area contributed by atoms with Crippen molar-refractivity contribution in [2.24, 2.45) is 0 Å². The molecule has 11 nitrogen and oxygen atoms in total. The topological polar surface area (TPSA) is 125 Å². The first-order chi connectivity index (χ1) is 40.1. The van der Waals surface area contributed by atoms with Crippen LogP contribution in [0.2, 0.25) is 15.1 Å². The highest BCUT2D eigenvalue weighted by atomic mass is 35.5. The van der Waals surface area contributed by atoms with Crippen molar-refractivity contribution in [2.45, 2.75) is 72.8 Å². The Labute approximate surface area is 505 Å². The van der Waals surface area contributed by atoms with Gasteiger partial charge < -0.3 is 51.6 Å². The van der Waals surface area contributed by atoms with Gasteiger partial charge in [0.05, 0.1) is 28.8 Å². The number of fused-ring (bicyclic) bond motifs is 3. The molecule has 9 aromatic carbocycles. The van der Waals surface area contributed by atoms with Crippen LogP contribution in [0, 0.1) is 6.92 Å². The van der Waals surface area contributed by atoms with Crippen LogP contribution in [0.25, 0.3) is 0 Å². The first-order valence-corrected chi connectivity index (χ1v) is 33.3. The van der Waals surface area contributed by atoms with Crippen molar-refractivity contribution in [3.63, 3.8) is 0 Å². The van der Waals surface area contributed by atoms with Crippen molar-refractivity contribution in [1.29, 1.82) is 0 Å². The van der Waals surface area contributed by atoms with Gasteiger partial charge in [-0.15, -0.1) is 0 Å². The SMILES string of the molecule is CCOc1cc(P(=O)(c2ccccc2)c2ccccc2)c(Cl)c2c1OC(C)(C)O2.COc1cc(P(=O)(c2ccccc2)c2ccccc2)c(Cl)c2c1OC(C)(C)O2.Cc1cc(P(=O)(c2ccccc2)c2ccccc2)c(Cl)c2c1OC(C)(C)O2. The van der Waals surface area contributed by atoms with E-state index in [1.54, 1.807) is 39.8 Å². The highest BCUT2D eigenvalue weighted by molar-refractivity contribution is 7.86. The molecule has 0 saturated heterocycles. The molecule has 0 atom stereocenters. The third-order valence-electron chi connectivity index (χ3n) is 13.9. The smallest absolute Gasteiger partial charge is 0.246 e. The molecule has 0 unspecified atom stereocenters. The highest BCUT2D eigenvalue weighted by Gasteiger charge is 2.45. The number of hydrogen-bond acceptors (Lipinski definition) is 11. The fraction of sp³-hybridized carbons (Fsp3) is 0.194. The molecule has 3 heterocycles. The molecule has 12 rings (SSSR count). The summed E-state index contributed by atoms with van der Waals surface area (Å²) in [5.74, 6) is 0.988. The summed E-state index contributed by atoms with van der Waals surface area (Å²) in [4.78, 5) is 0. The second-order valence-electron chi connectivity index (χ2n) is 21.2. The summed E-state index contributed by atoms with van der Waals surface area (Å²) < 4.78 is 90.8. The van der Waals surface area contributed by atoms with Crippen molar-refractivity contribution in [3.8, 4) is 46.0 Å². The predicted octanol–water partition coefficient (Wildman–Crippen LogP) is 14.2. The van der Waals surface area contributed by atoms with Gasteiger partial charge in [0.1, 0.15) is 0 Å². The molecule has 0 spiro atoms. The number of benzene rings is 9. The number of halogens is 3. The zero-order valence-electron chi connectivity index (χ0n) is 47.7. The van der Waals surface area contributed by atoms with E-state index < -0.39 is 38.8 Å². The average Bonchev–Trinajstić information content (AvgIpc) is 1.57. The Morgan fingerprint density at radius 3 is 0.893 bits per heavy atom. The lowest BCUT2D eigenvalue weighted by atomic mass is 10.2. The molecule has 84 heavy (non-hydrogen) atoms. The predicted molar refractivity (Wildman–Crippen MR) is 341 cm³/mol. The number of hydrogen-bond donors (Lipinski definition) is 0. The Morgan fingerprint density at radius 1 is 0.369 bits per heavy atom. The van der Waals surface area contributed by atoms with Gasteiger partial charge in [0.2, 0.25) is 28.9 Å². The Kier molecular flexibility index (Phi) is 17.0. The van der Waals surface area contributed by atoms with Crippen molar-refractivity contribution < 1.29 is 51.6 Å². The molecule has 432 valence electrons. The van der Waals surface area contributed by atoms with Crippen LogP contribution in [0.3, 0.4) is 0 Å². The fourth-order valence-corrected chi connectivity index (χ4v) is 20.1. The van der Waals surface area contributed by atoms with E-state index in [9.17, 15) is 13.7 Å². The van der Waals surface area contributed by atoms with Crippen LogP contribution in [-0.4, -0.2) is 31.1 Å². The summed E-state index contributed by atoms with van der Waals surface area (Å²) in [5.41, 5.74) is 0.849. The van der Waals surface area contributed by atoms with Gasteiger partial charge >= 0.3 is 0 Å². The highest BCUT2D eigenvalue weighted by Crippen LogP contribution is 2.57. The molecule has 9 aromatic rings. The lowest BCUT2D eigenvalue weighted by Gasteiger charge is -2.22. The maximum atomic E-state index is 14.7. The Morgan fingerprint density at radius 2 is 0.607 bits per heavy atom. The largest absolute Gasteiger partial charge is 0.493 e. The third-order valence-corrected chi connectivity index (χ3v) is 24.7. The maximum Gasteiger partial charge on any atom is 0.246 e. The zero-order valence-corrected chi connectivity index (χ0v) is 52.7. The number of rotatable bonds is 12. The van der Waals surface area contributed by atoms with Gasteiger partial charge in [-0.2, -0.15) is 0 Å². The number of aryl methyl sites for hydroxylation is 1. The van der Waals surface area contributed by atoms with Gasteiger partial charge in [0.15, 0.2) is 55.9 Å². The second-order valence-corrected chi connectivity index (χ2v) is 30.5. The van der Waals surface area contributed by atoms with Crippen molar-refractivity contribution in [1.82, 2.24) is 0 Å². The van der Waals surface area contributed by atoms with E-state index in [0.29, 0.717) is 94.8 Å². The standard InChI is InChI=1S/C23H22ClO4P.C22H20ClO4P.C22H20ClO3P/c1-4-26-18-15-19(20(24)22-21(18)27-23(2,3)28-22)29(25,16-11-7-5-8-12-16)17-13-9-6-10-14-17;1-22(2)26-20-17(25-3)14-18(19(23)21(20)27-22)28(24,15-10-6-4-7-11-15)16-12-8-5-9-13-16;1-15-14-18(19(23)21-20(15)25-22(2,3)26-21)27(24,16-10-6-4-7-11-16)17-12-8-5-9-13-17/h5-15H,4H2,1-3H3;4-14H,1-3H3;4-14H,1-3H3. The summed E-state index contributed by atoms with van der Waals surface area (Å²) in [5, 5.41) is 6.61.